The molecule has 28 heavy (non-hydrogen) atoms. The molecule has 6 heteroatoms. The molecule has 3 aromatic carbocycles. The van der Waals surface area contributed by atoms with E-state index in [2.05, 4.69) is 0 Å². The molecule has 0 saturated heterocycles. The Morgan fingerprint density at radius 3 is 1.89 bits per heavy atom. The topological polar surface area (TPSA) is 60.4 Å². The summed E-state index contributed by atoms with van der Waals surface area (Å²) < 4.78 is 32.7. The Labute approximate surface area is 169 Å². The van der Waals surface area contributed by atoms with E-state index in [0.29, 0.717) is 16.1 Å². The van der Waals surface area contributed by atoms with Gasteiger partial charge in [0.05, 0.1) is 4.90 Å². The van der Waals surface area contributed by atoms with E-state index in [4.69, 9.17) is 16.3 Å². The second kappa shape index (κ2) is 8.59. The third kappa shape index (κ3) is 4.43. The van der Waals surface area contributed by atoms with Gasteiger partial charge >= 0.3 is 5.97 Å². The van der Waals surface area contributed by atoms with Crippen molar-refractivity contribution in [1.29, 1.82) is 0 Å². The average Bonchev–Trinajstić information content (AvgIpc) is 2.69. The van der Waals surface area contributed by atoms with E-state index in [-0.39, 0.29) is 4.90 Å². The van der Waals surface area contributed by atoms with Crippen LogP contribution >= 0.6 is 11.6 Å². The van der Waals surface area contributed by atoms with Gasteiger partial charge in [0, 0.05) is 11.9 Å². The quantitative estimate of drug-likeness (QED) is 0.523. The molecule has 0 aromatic heterocycles. The van der Waals surface area contributed by atoms with Gasteiger partial charge < -0.3 is 4.74 Å². The molecule has 2 unspecified atom stereocenters. The molecule has 0 N–H and O–H groups in total. The van der Waals surface area contributed by atoms with Crippen molar-refractivity contribution in [2.75, 3.05) is 0 Å². The molecule has 0 spiro atoms. The summed E-state index contributed by atoms with van der Waals surface area (Å²) in [6, 6.07) is 23.6. The molecule has 3 aromatic rings. The normalized spacial score (nSPS) is 13.5. The van der Waals surface area contributed by atoms with Gasteiger partial charge in [-0.25, -0.2) is 8.42 Å². The van der Waals surface area contributed by atoms with Gasteiger partial charge in [-0.05, 0) is 35.4 Å². The number of esters is 1. The molecular weight excluding hydrogens is 396 g/mol. The van der Waals surface area contributed by atoms with Crippen molar-refractivity contribution in [2.24, 2.45) is 0 Å². The Bertz CT molecular complexity index is 1030. The van der Waals surface area contributed by atoms with Gasteiger partial charge in [0.2, 0.25) is 0 Å². The summed E-state index contributed by atoms with van der Waals surface area (Å²) in [4.78, 5) is 12.0. The number of hydrogen-bond donors (Lipinski definition) is 0. The summed E-state index contributed by atoms with van der Waals surface area (Å²) in [6.07, 6.45) is -1.03. The van der Waals surface area contributed by atoms with Gasteiger partial charge in [0.1, 0.15) is 11.4 Å². The largest absolute Gasteiger partial charge is 0.456 e. The highest BCUT2D eigenvalue weighted by Crippen LogP contribution is 2.41. The summed E-state index contributed by atoms with van der Waals surface area (Å²) in [5.41, 5.74) is 1.08. The number of carbonyl (C=O) groups is 1. The van der Waals surface area contributed by atoms with Gasteiger partial charge in [0.25, 0.3) is 0 Å². The molecule has 0 aliphatic carbocycles. The SMILES string of the molecule is CC(=O)OC(c1ccc(Cl)cc1)C(c1ccccc1)S(=O)(=O)c1ccccc1. The van der Waals surface area contributed by atoms with E-state index in [1.165, 1.54) is 19.1 Å². The van der Waals surface area contributed by atoms with Crippen molar-refractivity contribution >= 4 is 27.4 Å². The van der Waals surface area contributed by atoms with Crippen LogP contribution in [0.2, 0.25) is 5.02 Å². The Hall–Kier alpha value is -2.63. The molecule has 0 bridgehead atoms. The lowest BCUT2D eigenvalue weighted by molar-refractivity contribution is -0.146. The van der Waals surface area contributed by atoms with Crippen molar-refractivity contribution in [3.05, 3.63) is 101 Å². The Morgan fingerprint density at radius 1 is 0.821 bits per heavy atom. The van der Waals surface area contributed by atoms with Crippen molar-refractivity contribution in [3.63, 3.8) is 0 Å². The van der Waals surface area contributed by atoms with E-state index in [1.807, 2.05) is 0 Å². The van der Waals surface area contributed by atoms with Crippen LogP contribution in [0, 0.1) is 0 Å². The summed E-state index contributed by atoms with van der Waals surface area (Å²) >= 11 is 5.98. The first kappa shape index (κ1) is 20.1. The third-order valence-corrected chi connectivity index (χ3v) is 6.67. The van der Waals surface area contributed by atoms with E-state index in [9.17, 15) is 13.2 Å². The standard InChI is InChI=1S/C22H19ClO4S/c1-16(24)27-21(17-12-14-19(23)15-13-17)22(18-8-4-2-5-9-18)28(25,26)20-10-6-3-7-11-20/h2-15,21-22H,1H3. The second-order valence-corrected chi connectivity index (χ2v) is 8.78. The molecule has 4 nitrogen and oxygen atoms in total. The monoisotopic (exact) mass is 414 g/mol. The fourth-order valence-corrected chi connectivity index (χ4v) is 5.06. The number of carbonyl (C=O) groups excluding carboxylic acids is 1. The summed E-state index contributed by atoms with van der Waals surface area (Å²) in [5.74, 6) is -0.566. The van der Waals surface area contributed by atoms with Crippen LogP contribution in [0.3, 0.4) is 0 Å². The molecule has 0 radical (unpaired) electrons. The van der Waals surface area contributed by atoms with E-state index in [1.54, 1.807) is 72.8 Å². The minimum absolute atomic E-state index is 0.162. The number of hydrogen-bond acceptors (Lipinski definition) is 4. The molecule has 0 heterocycles. The number of rotatable bonds is 6. The van der Waals surface area contributed by atoms with Crippen LogP contribution in [0.5, 0.6) is 0 Å². The van der Waals surface area contributed by atoms with Gasteiger partial charge in [0.15, 0.2) is 9.84 Å². The zero-order valence-corrected chi connectivity index (χ0v) is 16.7. The lowest BCUT2D eigenvalue weighted by atomic mass is 10.0. The number of halogens is 1. The molecule has 0 aliphatic rings. The highest BCUT2D eigenvalue weighted by Gasteiger charge is 2.39. The first-order valence-corrected chi connectivity index (χ1v) is 10.6. The maximum Gasteiger partial charge on any atom is 0.303 e. The first-order valence-electron chi connectivity index (χ1n) is 8.66. The van der Waals surface area contributed by atoms with Crippen LogP contribution in [-0.2, 0) is 19.4 Å². The molecule has 2 atom stereocenters. The lowest BCUT2D eigenvalue weighted by Crippen LogP contribution is -2.24. The average molecular weight is 415 g/mol. The predicted molar refractivity (Wildman–Crippen MR) is 109 cm³/mol. The number of sulfone groups is 1. The lowest BCUT2D eigenvalue weighted by Gasteiger charge is -2.27. The second-order valence-electron chi connectivity index (χ2n) is 6.27. The zero-order valence-electron chi connectivity index (χ0n) is 15.2. The fourth-order valence-electron chi connectivity index (χ4n) is 3.05. The van der Waals surface area contributed by atoms with Crippen LogP contribution in [0.15, 0.2) is 89.8 Å². The van der Waals surface area contributed by atoms with Gasteiger partial charge in [-0.15, -0.1) is 0 Å². The third-order valence-electron chi connectivity index (χ3n) is 4.30. The first-order chi connectivity index (χ1) is 13.4. The number of benzene rings is 3. The van der Waals surface area contributed by atoms with Gasteiger partial charge in [-0.3, -0.25) is 4.79 Å². The predicted octanol–water partition coefficient (Wildman–Crippen LogP) is 5.16. The van der Waals surface area contributed by atoms with Crippen LogP contribution in [0.1, 0.15) is 29.4 Å². The zero-order chi connectivity index (χ0) is 20.1. The minimum Gasteiger partial charge on any atom is -0.456 e. The maximum absolute atomic E-state index is 13.6. The van der Waals surface area contributed by atoms with Crippen LogP contribution in [0.25, 0.3) is 0 Å². The van der Waals surface area contributed by atoms with Gasteiger partial charge in [-0.1, -0.05) is 72.3 Å². The minimum atomic E-state index is -3.87. The molecule has 0 aliphatic heterocycles. The molecular formula is C22H19ClO4S. The highest BCUT2D eigenvalue weighted by atomic mass is 35.5. The van der Waals surface area contributed by atoms with Crippen LogP contribution in [-0.4, -0.2) is 14.4 Å². The Kier molecular flexibility index (Phi) is 6.17. The van der Waals surface area contributed by atoms with Crippen molar-refractivity contribution in [3.8, 4) is 0 Å². The van der Waals surface area contributed by atoms with Crippen LogP contribution in [0.4, 0.5) is 0 Å². The molecule has 0 saturated carbocycles. The van der Waals surface area contributed by atoms with Crippen LogP contribution < -0.4 is 0 Å². The van der Waals surface area contributed by atoms with Crippen molar-refractivity contribution in [1.82, 2.24) is 0 Å². The summed E-state index contributed by atoms with van der Waals surface area (Å²) in [5, 5.41) is -0.603. The van der Waals surface area contributed by atoms with E-state index >= 15 is 0 Å². The number of ether oxygens (including phenoxy) is 1. The fraction of sp³-hybridized carbons (Fsp3) is 0.136. The molecule has 3 rings (SSSR count). The van der Waals surface area contributed by atoms with Crippen molar-refractivity contribution < 1.29 is 17.9 Å². The Morgan fingerprint density at radius 2 is 1.36 bits per heavy atom. The highest BCUT2D eigenvalue weighted by molar-refractivity contribution is 7.91. The summed E-state index contributed by atoms with van der Waals surface area (Å²) in [6.45, 7) is 1.26. The van der Waals surface area contributed by atoms with Crippen molar-refractivity contribution in [2.45, 2.75) is 23.2 Å². The molecule has 0 amide bonds. The molecule has 0 fully saturated rings. The Balaban J connectivity index is 2.21. The maximum atomic E-state index is 13.6. The van der Waals surface area contributed by atoms with E-state index in [0.717, 1.165) is 0 Å². The van der Waals surface area contributed by atoms with Gasteiger partial charge in [-0.2, -0.15) is 0 Å². The molecule has 144 valence electrons. The van der Waals surface area contributed by atoms with E-state index < -0.39 is 27.2 Å². The summed E-state index contributed by atoms with van der Waals surface area (Å²) in [7, 11) is -3.87. The smallest absolute Gasteiger partial charge is 0.303 e.